The molecule has 0 aromatic heterocycles. The minimum Gasteiger partial charge on any atom is -0.494 e. The summed E-state index contributed by atoms with van der Waals surface area (Å²) in [5.41, 5.74) is -0.163. The highest BCUT2D eigenvalue weighted by molar-refractivity contribution is 8.45. The van der Waals surface area contributed by atoms with Crippen LogP contribution in [-0.2, 0) is 17.7 Å². The lowest BCUT2D eigenvalue weighted by molar-refractivity contribution is 0.0505. The average molecular weight is 623 g/mol. The molecule has 4 N–H and O–H groups in total. The summed E-state index contributed by atoms with van der Waals surface area (Å²) in [5, 5.41) is 18.0. The highest BCUT2D eigenvalue weighted by Gasteiger charge is 2.65. The number of aliphatic hydroxyl groups excluding tert-OH is 1. The van der Waals surface area contributed by atoms with Gasteiger partial charge in [0.1, 0.15) is 16.2 Å². The zero-order valence-electron chi connectivity index (χ0n) is 23.6. The first kappa shape index (κ1) is 31.6. The van der Waals surface area contributed by atoms with Gasteiger partial charge >= 0.3 is 22.3 Å². The molecule has 0 spiro atoms. The van der Waals surface area contributed by atoms with Crippen LogP contribution in [0.15, 0.2) is 41.3 Å². The van der Waals surface area contributed by atoms with Gasteiger partial charge in [0.15, 0.2) is 0 Å². The van der Waals surface area contributed by atoms with Crippen molar-refractivity contribution in [1.82, 2.24) is 15.5 Å². The number of fused-ring (bicyclic) bond motifs is 1. The molecule has 15 heteroatoms. The smallest absolute Gasteiger partial charge is 0.407 e. The van der Waals surface area contributed by atoms with E-state index in [1.165, 1.54) is 0 Å². The predicted molar refractivity (Wildman–Crippen MR) is 148 cm³/mol. The second-order valence-corrected chi connectivity index (χ2v) is 14.0. The van der Waals surface area contributed by atoms with Crippen molar-refractivity contribution < 1.29 is 43.6 Å². The lowest BCUT2D eigenvalue weighted by atomic mass is 10.1. The first-order valence-electron chi connectivity index (χ1n) is 13.2. The Morgan fingerprint density at radius 1 is 1.10 bits per heavy atom. The number of ether oxygens (including phenoxy) is 2. The van der Waals surface area contributed by atoms with Gasteiger partial charge in [-0.3, -0.25) is 4.90 Å². The molecule has 2 aromatic carbocycles. The molecule has 1 saturated heterocycles. The minimum absolute atomic E-state index is 0.153. The molecular weight excluding hydrogens is 587 g/mol. The van der Waals surface area contributed by atoms with Crippen LogP contribution in [0.25, 0.3) is 0 Å². The van der Waals surface area contributed by atoms with Crippen LogP contribution >= 0.6 is 10.2 Å². The number of amides is 3. The molecule has 42 heavy (non-hydrogen) atoms. The Morgan fingerprint density at radius 3 is 2.40 bits per heavy atom. The highest BCUT2D eigenvalue weighted by atomic mass is 32.5. The van der Waals surface area contributed by atoms with E-state index in [4.69, 9.17) is 9.47 Å². The Bertz CT molecular complexity index is 1370. The van der Waals surface area contributed by atoms with Crippen molar-refractivity contribution in [1.29, 1.82) is 0 Å². The normalized spacial score (nSPS) is 22.5. The number of hydrogen-bond donors (Lipinski definition) is 4. The van der Waals surface area contributed by atoms with Crippen molar-refractivity contribution in [3.05, 3.63) is 53.1 Å². The molecule has 234 valence electrons. The van der Waals surface area contributed by atoms with Crippen LogP contribution in [0.4, 0.5) is 34.7 Å². The van der Waals surface area contributed by atoms with E-state index in [9.17, 15) is 34.1 Å². The van der Waals surface area contributed by atoms with E-state index in [0.717, 1.165) is 12.7 Å². The van der Waals surface area contributed by atoms with E-state index < -0.39 is 50.7 Å². The molecule has 3 atom stereocenters. The molecule has 1 fully saturated rings. The maximum absolute atomic E-state index is 14.0. The molecule has 3 unspecified atom stereocenters. The number of carbonyl (C=O) groups is 2. The van der Waals surface area contributed by atoms with Gasteiger partial charge in [0.2, 0.25) is 0 Å². The van der Waals surface area contributed by atoms with Gasteiger partial charge in [-0.25, -0.2) is 9.59 Å². The summed E-state index contributed by atoms with van der Waals surface area (Å²) >= 11 is 0. The highest BCUT2D eigenvalue weighted by Crippen LogP contribution is 3.02. The summed E-state index contributed by atoms with van der Waals surface area (Å²) in [6, 6.07) is 5.27. The number of methoxy groups -OCH3 is 1. The average Bonchev–Trinajstić information content (AvgIpc) is 3.39. The van der Waals surface area contributed by atoms with Crippen LogP contribution in [0.5, 0.6) is 5.75 Å². The molecule has 0 saturated carbocycles. The first-order chi connectivity index (χ1) is 19.2. The Labute approximate surface area is 240 Å². The number of nitrogens with zero attached hydrogens (tertiary/aromatic N) is 1. The number of urea groups is 1. The summed E-state index contributed by atoms with van der Waals surface area (Å²) in [6.07, 6.45) is -0.991. The summed E-state index contributed by atoms with van der Waals surface area (Å²) in [6.45, 7) is 5.43. The number of hydrogen-bond acceptors (Lipinski definition) is 6. The maximum atomic E-state index is 14.0. The first-order valence-corrected chi connectivity index (χ1v) is 15.2. The number of nitrogens with one attached hydrogen (secondary N) is 3. The van der Waals surface area contributed by atoms with E-state index in [1.54, 1.807) is 49.9 Å². The number of carbonyl (C=O) groups excluding carboxylic acids is 2. The summed E-state index contributed by atoms with van der Waals surface area (Å²) in [7, 11) is -9.03. The van der Waals surface area contributed by atoms with Crippen molar-refractivity contribution in [3.63, 3.8) is 0 Å². The van der Waals surface area contributed by atoms with Gasteiger partial charge in [-0.15, -0.1) is 0 Å². The third-order valence-electron chi connectivity index (χ3n) is 6.94. The van der Waals surface area contributed by atoms with Gasteiger partial charge in [-0.05, 0) is 56.9 Å². The van der Waals surface area contributed by atoms with Gasteiger partial charge in [0.05, 0.1) is 24.9 Å². The molecule has 1 aliphatic heterocycles. The summed E-state index contributed by atoms with van der Waals surface area (Å²) in [4.78, 5) is 24.5. The number of benzene rings is 2. The van der Waals surface area contributed by atoms with E-state index in [-0.39, 0.29) is 42.9 Å². The fourth-order valence-corrected chi connectivity index (χ4v) is 5.88. The molecule has 1 aliphatic carbocycles. The number of halogens is 5. The monoisotopic (exact) mass is 622 g/mol. The van der Waals surface area contributed by atoms with Crippen LogP contribution in [0, 0.1) is 0 Å². The Morgan fingerprint density at radius 2 is 1.79 bits per heavy atom. The van der Waals surface area contributed by atoms with Gasteiger partial charge in [0, 0.05) is 31.2 Å². The van der Waals surface area contributed by atoms with Gasteiger partial charge in [-0.1, -0.05) is 43.7 Å². The Hall–Kier alpha value is -3.30. The second kappa shape index (κ2) is 10.5. The lowest BCUT2D eigenvalue weighted by Crippen LogP contribution is -2.40. The number of likely N-dealkylation sites (tertiary alicyclic amines) is 1. The quantitative estimate of drug-likeness (QED) is 0.273. The third kappa shape index (κ3) is 7.75. The summed E-state index contributed by atoms with van der Waals surface area (Å²) < 4.78 is 80.5. The predicted octanol–water partition coefficient (Wildman–Crippen LogP) is 6.23. The molecule has 3 amide bonds. The summed E-state index contributed by atoms with van der Waals surface area (Å²) in [5.74, 6) is -0.227. The minimum atomic E-state index is -10.2. The van der Waals surface area contributed by atoms with Crippen molar-refractivity contribution in [2.45, 2.75) is 68.8 Å². The Balaban J connectivity index is 1.55. The maximum Gasteiger partial charge on any atom is 0.407 e. The van der Waals surface area contributed by atoms with Crippen LogP contribution in [0.2, 0.25) is 0 Å². The van der Waals surface area contributed by atoms with Crippen LogP contribution < -0.4 is 20.7 Å². The second-order valence-electron chi connectivity index (χ2n) is 11.6. The number of rotatable bonds is 7. The molecule has 2 aromatic rings. The SMILES string of the molecule is COc1c(CN2CCC(NC(=O)OC(C)(C)C)C2)cc(S(F)(F)(F)(F)F)cc1NC(=O)NC1Cc2ccccc2C1O. The fraction of sp³-hybridized carbons (Fsp3) is 0.481. The molecular formula is C27H35F5N4O5S. The van der Waals surface area contributed by atoms with E-state index >= 15 is 0 Å². The third-order valence-corrected chi connectivity index (χ3v) is 8.06. The molecule has 0 radical (unpaired) electrons. The van der Waals surface area contributed by atoms with Crippen LogP contribution in [0.3, 0.4) is 0 Å². The van der Waals surface area contributed by atoms with Crippen LogP contribution in [0.1, 0.15) is 50.0 Å². The molecule has 0 bridgehead atoms. The van der Waals surface area contributed by atoms with Crippen LogP contribution in [-0.4, -0.2) is 60.0 Å². The standard InChI is InChI=1S/C27H35F5N4O5S/c1-27(2,3)41-26(39)33-18-9-10-36(15-18)14-17-11-19(42(28,29,30,31)32)13-22(24(17)40-4)35-25(38)34-21-12-16-7-5-6-8-20(16)23(21)37/h5-8,11,13,18,21,23,37H,9-10,12,14-15H2,1-4H3,(H,33,39)(H2,34,35,38). The van der Waals surface area contributed by atoms with Gasteiger partial charge in [0.25, 0.3) is 0 Å². The van der Waals surface area contributed by atoms with E-state index in [0.29, 0.717) is 24.6 Å². The molecule has 1 heterocycles. The van der Waals surface area contributed by atoms with Crippen molar-refractivity contribution >= 4 is 28.0 Å². The number of aliphatic hydroxyl groups is 1. The van der Waals surface area contributed by atoms with Gasteiger partial charge in [-0.2, -0.15) is 0 Å². The zero-order chi connectivity index (χ0) is 31.2. The van der Waals surface area contributed by atoms with Crippen molar-refractivity contribution in [2.24, 2.45) is 0 Å². The molecule has 2 aliphatic rings. The molecule has 9 nitrogen and oxygen atoms in total. The van der Waals surface area contributed by atoms with Gasteiger partial charge < -0.3 is 30.5 Å². The molecule has 4 rings (SSSR count). The lowest BCUT2D eigenvalue weighted by Gasteiger charge is -2.41. The van der Waals surface area contributed by atoms with E-state index in [2.05, 4.69) is 16.0 Å². The zero-order valence-corrected chi connectivity index (χ0v) is 24.4. The van der Waals surface area contributed by atoms with Crippen molar-refractivity contribution in [2.75, 3.05) is 25.5 Å². The number of alkyl carbamates (subject to hydrolysis) is 1. The largest absolute Gasteiger partial charge is 0.494 e. The van der Waals surface area contributed by atoms with Crippen molar-refractivity contribution in [3.8, 4) is 5.75 Å². The topological polar surface area (TPSA) is 112 Å². The Kier molecular flexibility index (Phi) is 7.87. The van der Waals surface area contributed by atoms with E-state index in [1.807, 2.05) is 0 Å². The fourth-order valence-electron chi connectivity index (χ4n) is 5.17. The number of anilines is 1.